The van der Waals surface area contributed by atoms with Crippen LogP contribution in [0.1, 0.15) is 37.3 Å². The van der Waals surface area contributed by atoms with Crippen molar-refractivity contribution >= 4 is 6.03 Å². The fraction of sp³-hybridized carbons (Fsp3) is 0.400. The quantitative estimate of drug-likeness (QED) is 0.889. The summed E-state index contributed by atoms with van der Waals surface area (Å²) in [6.45, 7) is -0.727. The van der Waals surface area contributed by atoms with Crippen LogP contribution in [0, 0.1) is 0 Å². The minimum Gasteiger partial charge on any atom is -0.331 e. The van der Waals surface area contributed by atoms with Gasteiger partial charge in [-0.15, -0.1) is 0 Å². The Morgan fingerprint density at radius 2 is 2.04 bits per heavy atom. The first-order chi connectivity index (χ1) is 11.0. The maximum absolute atomic E-state index is 12.8. The van der Waals surface area contributed by atoms with E-state index >= 15 is 0 Å². The Hall–Kier alpha value is -2.51. The van der Waals surface area contributed by atoms with Crippen molar-refractivity contribution in [2.45, 2.75) is 32.5 Å². The van der Waals surface area contributed by atoms with Crippen LogP contribution in [0.2, 0.25) is 0 Å². The number of nitrogens with zero attached hydrogens (tertiary/aromatic N) is 4. The number of rotatable bonds is 6. The summed E-state index contributed by atoms with van der Waals surface area (Å²) >= 11 is 0. The predicted molar refractivity (Wildman–Crippen MR) is 80.7 cm³/mol. The van der Waals surface area contributed by atoms with E-state index in [0.29, 0.717) is 6.42 Å². The van der Waals surface area contributed by atoms with Crippen LogP contribution in [0.4, 0.5) is 13.6 Å². The van der Waals surface area contributed by atoms with Gasteiger partial charge in [0.1, 0.15) is 5.82 Å². The highest BCUT2D eigenvalue weighted by Crippen LogP contribution is 2.17. The molecule has 1 N–H and O–H groups in total. The number of carbonyl (C=O) groups excluding carboxylic acids is 1. The summed E-state index contributed by atoms with van der Waals surface area (Å²) in [5.41, 5.74) is 0.943. The van der Waals surface area contributed by atoms with E-state index < -0.39 is 6.55 Å². The Labute approximate surface area is 133 Å². The summed E-state index contributed by atoms with van der Waals surface area (Å²) < 4.78 is 26.3. The summed E-state index contributed by atoms with van der Waals surface area (Å²) in [7, 11) is 1.54. The minimum atomic E-state index is -2.68. The molecule has 6 nitrogen and oxygen atoms in total. The first kappa shape index (κ1) is 16.9. The van der Waals surface area contributed by atoms with Gasteiger partial charge in [0.2, 0.25) is 0 Å². The third kappa shape index (κ3) is 4.24. The van der Waals surface area contributed by atoms with Gasteiger partial charge in [-0.1, -0.05) is 6.92 Å². The number of urea groups is 1. The van der Waals surface area contributed by atoms with E-state index in [2.05, 4.69) is 15.3 Å². The SMILES string of the molecule is CC[C@H](NC(=O)N(C)Cc1nccn1C(F)F)c1ccncc1. The number of hydrogen-bond acceptors (Lipinski definition) is 3. The molecule has 1 atom stereocenters. The molecule has 2 heterocycles. The normalized spacial score (nSPS) is 12.2. The lowest BCUT2D eigenvalue weighted by atomic mass is 10.1. The number of pyridine rings is 1. The number of hydrogen-bond donors (Lipinski definition) is 1. The molecule has 0 fully saturated rings. The van der Waals surface area contributed by atoms with Gasteiger partial charge in [-0.3, -0.25) is 9.55 Å². The largest absolute Gasteiger partial charge is 0.331 e. The van der Waals surface area contributed by atoms with Gasteiger partial charge in [-0.25, -0.2) is 9.78 Å². The molecule has 0 aliphatic heterocycles. The topological polar surface area (TPSA) is 63.1 Å². The van der Waals surface area contributed by atoms with Gasteiger partial charge >= 0.3 is 12.6 Å². The van der Waals surface area contributed by atoms with Gasteiger partial charge in [-0.05, 0) is 24.1 Å². The van der Waals surface area contributed by atoms with Crippen LogP contribution in [0.3, 0.4) is 0 Å². The Balaban J connectivity index is 2.00. The number of amides is 2. The van der Waals surface area contributed by atoms with Crippen LogP contribution in [0.5, 0.6) is 0 Å². The lowest BCUT2D eigenvalue weighted by molar-refractivity contribution is 0.0650. The van der Waals surface area contributed by atoms with Crippen molar-refractivity contribution in [3.8, 4) is 0 Å². The molecular formula is C15H19F2N5O. The summed E-state index contributed by atoms with van der Waals surface area (Å²) in [4.78, 5) is 21.4. The average Bonchev–Trinajstić information content (AvgIpc) is 3.01. The molecule has 0 saturated carbocycles. The fourth-order valence-corrected chi connectivity index (χ4v) is 2.20. The lowest BCUT2D eigenvalue weighted by Crippen LogP contribution is -2.39. The summed E-state index contributed by atoms with van der Waals surface area (Å²) in [5, 5.41) is 2.88. The molecule has 2 amide bonds. The van der Waals surface area contributed by atoms with Crippen LogP contribution in [-0.2, 0) is 6.54 Å². The molecule has 0 unspecified atom stereocenters. The van der Waals surface area contributed by atoms with Gasteiger partial charge in [-0.2, -0.15) is 8.78 Å². The number of halogens is 2. The van der Waals surface area contributed by atoms with Crippen molar-refractivity contribution < 1.29 is 13.6 Å². The van der Waals surface area contributed by atoms with Crippen molar-refractivity contribution in [1.82, 2.24) is 24.8 Å². The van der Waals surface area contributed by atoms with Crippen LogP contribution >= 0.6 is 0 Å². The molecule has 0 radical (unpaired) electrons. The minimum absolute atomic E-state index is 0.00402. The summed E-state index contributed by atoms with van der Waals surface area (Å²) in [6.07, 6.45) is 6.51. The molecule has 0 aromatic carbocycles. The fourth-order valence-electron chi connectivity index (χ4n) is 2.20. The summed E-state index contributed by atoms with van der Waals surface area (Å²) in [6, 6.07) is 3.15. The van der Waals surface area contributed by atoms with E-state index in [1.807, 2.05) is 19.1 Å². The highest BCUT2D eigenvalue weighted by atomic mass is 19.3. The summed E-state index contributed by atoms with van der Waals surface area (Å²) in [5.74, 6) is 0.134. The second-order valence-corrected chi connectivity index (χ2v) is 5.08. The molecule has 8 heteroatoms. The molecule has 2 rings (SSSR count). The molecule has 124 valence electrons. The number of carbonyl (C=O) groups is 1. The maximum atomic E-state index is 12.8. The number of alkyl halides is 2. The highest BCUT2D eigenvalue weighted by Gasteiger charge is 2.19. The van der Waals surface area contributed by atoms with Crippen molar-refractivity contribution in [2.75, 3.05) is 7.05 Å². The third-order valence-electron chi connectivity index (χ3n) is 3.50. The zero-order valence-corrected chi connectivity index (χ0v) is 13.0. The van der Waals surface area contributed by atoms with E-state index in [9.17, 15) is 13.6 Å². The Kier molecular flexibility index (Phi) is 5.61. The van der Waals surface area contributed by atoms with Crippen molar-refractivity contribution in [1.29, 1.82) is 0 Å². The predicted octanol–water partition coefficient (Wildman–Crippen LogP) is 2.97. The smallest absolute Gasteiger partial charge is 0.319 e. The number of imidazole rings is 1. The lowest BCUT2D eigenvalue weighted by Gasteiger charge is -2.23. The van der Waals surface area contributed by atoms with Crippen LogP contribution in [-0.4, -0.2) is 32.5 Å². The van der Waals surface area contributed by atoms with Crippen LogP contribution < -0.4 is 5.32 Å². The van der Waals surface area contributed by atoms with Gasteiger partial charge in [0, 0.05) is 31.8 Å². The van der Waals surface area contributed by atoms with Crippen LogP contribution in [0.15, 0.2) is 36.9 Å². The van der Waals surface area contributed by atoms with Crippen molar-refractivity contribution in [2.24, 2.45) is 0 Å². The van der Waals surface area contributed by atoms with E-state index in [4.69, 9.17) is 0 Å². The van der Waals surface area contributed by atoms with E-state index in [1.165, 1.54) is 17.3 Å². The second-order valence-electron chi connectivity index (χ2n) is 5.08. The van der Waals surface area contributed by atoms with Gasteiger partial charge in [0.25, 0.3) is 0 Å². The van der Waals surface area contributed by atoms with E-state index in [-0.39, 0.29) is 24.4 Å². The molecule has 0 aliphatic carbocycles. The van der Waals surface area contributed by atoms with Gasteiger partial charge in [0.15, 0.2) is 0 Å². The molecule has 0 bridgehead atoms. The Morgan fingerprint density at radius 1 is 1.35 bits per heavy atom. The Morgan fingerprint density at radius 3 is 2.65 bits per heavy atom. The molecule has 0 saturated heterocycles. The second kappa shape index (κ2) is 7.66. The number of aromatic nitrogens is 3. The third-order valence-corrected chi connectivity index (χ3v) is 3.50. The molecule has 0 spiro atoms. The van der Waals surface area contributed by atoms with Crippen molar-refractivity contribution in [3.05, 3.63) is 48.3 Å². The molecular weight excluding hydrogens is 304 g/mol. The van der Waals surface area contributed by atoms with E-state index in [0.717, 1.165) is 10.1 Å². The van der Waals surface area contributed by atoms with E-state index in [1.54, 1.807) is 19.4 Å². The first-order valence-corrected chi connectivity index (χ1v) is 7.24. The molecule has 2 aromatic rings. The van der Waals surface area contributed by atoms with Crippen molar-refractivity contribution in [3.63, 3.8) is 0 Å². The first-order valence-electron chi connectivity index (χ1n) is 7.24. The number of nitrogens with one attached hydrogen (secondary N) is 1. The monoisotopic (exact) mass is 323 g/mol. The molecule has 2 aromatic heterocycles. The molecule has 0 aliphatic rings. The van der Waals surface area contributed by atoms with Gasteiger partial charge in [0.05, 0.1) is 12.6 Å². The molecule has 23 heavy (non-hydrogen) atoms. The Bertz CT molecular complexity index is 632. The van der Waals surface area contributed by atoms with Crippen LogP contribution in [0.25, 0.3) is 0 Å². The standard InChI is InChI=1S/C15H19F2N5O/c1-3-12(11-4-6-18-7-5-11)20-15(23)21(2)10-13-19-8-9-22(13)14(16)17/h4-9,12,14H,3,10H2,1-2H3,(H,20,23)/t12-/m0/s1. The highest BCUT2D eigenvalue weighted by molar-refractivity contribution is 5.74. The zero-order chi connectivity index (χ0) is 16.8. The zero-order valence-electron chi connectivity index (χ0n) is 13.0. The average molecular weight is 323 g/mol. The van der Waals surface area contributed by atoms with Gasteiger partial charge < -0.3 is 10.2 Å². The maximum Gasteiger partial charge on any atom is 0.319 e.